The summed E-state index contributed by atoms with van der Waals surface area (Å²) in [7, 11) is 0. The van der Waals surface area contributed by atoms with Crippen LogP contribution in [0, 0.1) is 6.92 Å². The molecule has 2 aliphatic rings. The van der Waals surface area contributed by atoms with Crippen LogP contribution in [0.5, 0.6) is 0 Å². The van der Waals surface area contributed by atoms with Crippen molar-refractivity contribution in [2.75, 3.05) is 0 Å². The molecule has 0 radical (unpaired) electrons. The molecule has 0 aliphatic carbocycles. The number of rotatable bonds is 4. The molecule has 8 nitrogen and oxygen atoms in total. The Balaban J connectivity index is 1.49. The van der Waals surface area contributed by atoms with Crippen LogP contribution in [0.4, 0.5) is 0 Å². The summed E-state index contributed by atoms with van der Waals surface area (Å²) in [5.74, 6) is -2.44. The van der Waals surface area contributed by atoms with Gasteiger partial charge in [-0.2, -0.15) is 0 Å². The van der Waals surface area contributed by atoms with Gasteiger partial charge in [0.15, 0.2) is 0 Å². The van der Waals surface area contributed by atoms with Crippen LogP contribution in [-0.4, -0.2) is 40.5 Å². The van der Waals surface area contributed by atoms with Gasteiger partial charge in [0, 0.05) is 18.5 Å². The first-order chi connectivity index (χ1) is 14.3. The van der Waals surface area contributed by atoms with Crippen molar-refractivity contribution in [3.8, 4) is 0 Å². The first kappa shape index (κ1) is 19.5. The van der Waals surface area contributed by atoms with Crippen molar-refractivity contribution in [1.82, 2.24) is 15.5 Å². The molecule has 1 unspecified atom stereocenters. The number of piperidine rings is 1. The minimum Gasteiger partial charge on any atom is -0.348 e. The molecule has 1 fully saturated rings. The Morgan fingerprint density at radius 2 is 1.73 bits per heavy atom. The Bertz CT molecular complexity index is 1090. The molecule has 152 valence electrons. The molecule has 2 aliphatic heterocycles. The zero-order valence-electron chi connectivity index (χ0n) is 16.2. The minimum absolute atomic E-state index is 0.0695. The maximum atomic E-state index is 12.8. The van der Waals surface area contributed by atoms with Gasteiger partial charge in [-0.25, -0.2) is 0 Å². The smallest absolute Gasteiger partial charge is 0.262 e. The van der Waals surface area contributed by atoms with E-state index in [4.69, 9.17) is 0 Å². The lowest BCUT2D eigenvalue weighted by Gasteiger charge is -2.27. The van der Waals surface area contributed by atoms with E-state index in [9.17, 15) is 24.0 Å². The van der Waals surface area contributed by atoms with Crippen molar-refractivity contribution in [3.63, 3.8) is 0 Å². The monoisotopic (exact) mass is 405 g/mol. The van der Waals surface area contributed by atoms with Crippen LogP contribution in [-0.2, 0) is 16.1 Å². The van der Waals surface area contributed by atoms with E-state index in [0.717, 1.165) is 10.5 Å². The molecule has 0 spiro atoms. The highest BCUT2D eigenvalue weighted by Crippen LogP contribution is 2.28. The summed E-state index contributed by atoms with van der Waals surface area (Å²) in [5, 5.41) is 4.95. The Kier molecular flexibility index (Phi) is 4.91. The Morgan fingerprint density at radius 1 is 1.03 bits per heavy atom. The van der Waals surface area contributed by atoms with E-state index in [1.807, 2.05) is 19.1 Å². The van der Waals surface area contributed by atoms with E-state index >= 15 is 0 Å². The lowest BCUT2D eigenvalue weighted by molar-refractivity contribution is -0.136. The number of benzene rings is 2. The predicted molar refractivity (Wildman–Crippen MR) is 105 cm³/mol. The summed E-state index contributed by atoms with van der Waals surface area (Å²) in [5.41, 5.74) is 2.62. The van der Waals surface area contributed by atoms with Gasteiger partial charge in [-0.15, -0.1) is 0 Å². The van der Waals surface area contributed by atoms with Crippen molar-refractivity contribution < 1.29 is 24.0 Å². The number of hydrogen-bond acceptors (Lipinski definition) is 5. The van der Waals surface area contributed by atoms with E-state index in [1.54, 1.807) is 24.3 Å². The van der Waals surface area contributed by atoms with Gasteiger partial charge in [-0.05, 0) is 43.2 Å². The molecule has 2 aromatic rings. The largest absolute Gasteiger partial charge is 0.348 e. The zero-order chi connectivity index (χ0) is 21.4. The second-order valence-corrected chi connectivity index (χ2v) is 7.38. The lowest BCUT2D eigenvalue weighted by Crippen LogP contribution is -2.54. The second-order valence-electron chi connectivity index (χ2n) is 7.38. The van der Waals surface area contributed by atoms with Gasteiger partial charge in [-0.1, -0.05) is 23.8 Å². The first-order valence-corrected chi connectivity index (χ1v) is 9.54. The third-order valence-corrected chi connectivity index (χ3v) is 5.27. The average Bonchev–Trinajstić information content (AvgIpc) is 2.97. The normalized spacial score (nSPS) is 18.3. The molecule has 8 heteroatoms. The maximum absolute atomic E-state index is 12.8. The maximum Gasteiger partial charge on any atom is 0.262 e. The molecule has 0 bridgehead atoms. The van der Waals surface area contributed by atoms with Crippen LogP contribution >= 0.6 is 0 Å². The lowest BCUT2D eigenvalue weighted by atomic mass is 10.0. The SMILES string of the molecule is Cc1ccc(C(=O)NCc2ccc3c(c2)C(=O)N(C2CCC(=O)NC2=O)C3=O)cc1. The number of nitrogens with one attached hydrogen (secondary N) is 2. The molecule has 2 heterocycles. The minimum atomic E-state index is -1.00. The van der Waals surface area contributed by atoms with Crippen molar-refractivity contribution in [2.24, 2.45) is 0 Å². The number of imide groups is 2. The molecular weight excluding hydrogens is 386 g/mol. The average molecular weight is 405 g/mol. The fraction of sp³-hybridized carbons (Fsp3) is 0.227. The molecule has 4 rings (SSSR count). The summed E-state index contributed by atoms with van der Waals surface area (Å²) < 4.78 is 0. The Morgan fingerprint density at radius 3 is 2.43 bits per heavy atom. The highest BCUT2D eigenvalue weighted by atomic mass is 16.2. The molecule has 0 saturated carbocycles. The molecular formula is C22H19N3O5. The number of amides is 5. The fourth-order valence-corrected chi connectivity index (χ4v) is 3.62. The first-order valence-electron chi connectivity index (χ1n) is 9.54. The van der Waals surface area contributed by atoms with Crippen LogP contribution in [0.1, 0.15) is 55.0 Å². The van der Waals surface area contributed by atoms with Crippen molar-refractivity contribution in [1.29, 1.82) is 0 Å². The number of nitrogens with zero attached hydrogens (tertiary/aromatic N) is 1. The number of fused-ring (bicyclic) bond motifs is 1. The number of carbonyl (C=O) groups is 5. The third kappa shape index (κ3) is 3.47. The molecule has 30 heavy (non-hydrogen) atoms. The van der Waals surface area contributed by atoms with Gasteiger partial charge >= 0.3 is 0 Å². The molecule has 1 atom stereocenters. The number of carbonyl (C=O) groups excluding carboxylic acids is 5. The van der Waals surface area contributed by atoms with Gasteiger partial charge < -0.3 is 5.32 Å². The third-order valence-electron chi connectivity index (χ3n) is 5.27. The van der Waals surface area contributed by atoms with Crippen LogP contribution < -0.4 is 10.6 Å². The summed E-state index contributed by atoms with van der Waals surface area (Å²) in [6, 6.07) is 10.9. The van der Waals surface area contributed by atoms with Crippen LogP contribution in [0.15, 0.2) is 42.5 Å². The van der Waals surface area contributed by atoms with E-state index in [0.29, 0.717) is 11.1 Å². The summed E-state index contributed by atoms with van der Waals surface area (Å²) in [6.07, 6.45) is 0.176. The van der Waals surface area contributed by atoms with Gasteiger partial charge in [0.1, 0.15) is 6.04 Å². The standard InChI is InChI=1S/C22H19N3O5/c1-12-2-5-14(6-3-12)19(27)23-11-13-4-7-15-16(10-13)22(30)25(21(15)29)17-8-9-18(26)24-20(17)28/h2-7,10,17H,8-9,11H2,1H3,(H,23,27)(H,24,26,28). The highest BCUT2D eigenvalue weighted by molar-refractivity contribution is 6.23. The second kappa shape index (κ2) is 7.55. The Hall–Kier alpha value is -3.81. The van der Waals surface area contributed by atoms with E-state index in [1.165, 1.54) is 6.07 Å². The van der Waals surface area contributed by atoms with Crippen molar-refractivity contribution in [3.05, 3.63) is 70.3 Å². The van der Waals surface area contributed by atoms with Crippen LogP contribution in [0.3, 0.4) is 0 Å². The number of aryl methyl sites for hydroxylation is 1. The summed E-state index contributed by atoms with van der Waals surface area (Å²) in [4.78, 5) is 62.2. The van der Waals surface area contributed by atoms with E-state index < -0.39 is 29.7 Å². The van der Waals surface area contributed by atoms with E-state index in [-0.39, 0.29) is 36.4 Å². The van der Waals surface area contributed by atoms with Crippen molar-refractivity contribution in [2.45, 2.75) is 32.4 Å². The Labute approximate surface area is 172 Å². The van der Waals surface area contributed by atoms with Gasteiger partial charge in [0.2, 0.25) is 11.8 Å². The highest BCUT2D eigenvalue weighted by Gasteiger charge is 2.44. The molecule has 2 N–H and O–H groups in total. The molecule has 0 aromatic heterocycles. The number of hydrogen-bond donors (Lipinski definition) is 2. The topological polar surface area (TPSA) is 113 Å². The zero-order valence-corrected chi connectivity index (χ0v) is 16.2. The van der Waals surface area contributed by atoms with Gasteiger partial charge in [-0.3, -0.25) is 34.2 Å². The summed E-state index contributed by atoms with van der Waals surface area (Å²) in [6.45, 7) is 2.11. The van der Waals surface area contributed by atoms with Crippen LogP contribution in [0.25, 0.3) is 0 Å². The fourth-order valence-electron chi connectivity index (χ4n) is 3.62. The quantitative estimate of drug-likeness (QED) is 0.745. The van der Waals surface area contributed by atoms with Gasteiger partial charge in [0.25, 0.3) is 17.7 Å². The van der Waals surface area contributed by atoms with E-state index in [2.05, 4.69) is 10.6 Å². The van der Waals surface area contributed by atoms with Gasteiger partial charge in [0.05, 0.1) is 11.1 Å². The molecule has 5 amide bonds. The summed E-state index contributed by atoms with van der Waals surface area (Å²) >= 11 is 0. The van der Waals surface area contributed by atoms with Crippen LogP contribution in [0.2, 0.25) is 0 Å². The molecule has 1 saturated heterocycles. The van der Waals surface area contributed by atoms with Crippen molar-refractivity contribution >= 4 is 29.5 Å². The predicted octanol–water partition coefficient (Wildman–Crippen LogP) is 1.33. The molecule has 2 aromatic carbocycles.